The topological polar surface area (TPSA) is 120 Å². The molecule has 0 radical (unpaired) electrons. The average Bonchev–Trinajstić information content (AvgIpc) is 2.70. The minimum atomic E-state index is -3.80. The summed E-state index contributed by atoms with van der Waals surface area (Å²) in [4.78, 5) is 39.8. The van der Waals surface area contributed by atoms with E-state index in [4.69, 9.17) is 11.6 Å². The molecule has 0 atom stereocenters. The summed E-state index contributed by atoms with van der Waals surface area (Å²) < 4.78 is 27.6. The number of fused-ring (bicyclic) bond motifs is 1. The van der Waals surface area contributed by atoms with Gasteiger partial charge in [-0.1, -0.05) is 11.6 Å². The number of sulfone groups is 1. The molecule has 0 spiro atoms. The first-order chi connectivity index (χ1) is 13.6. The Balaban J connectivity index is 1.83. The highest BCUT2D eigenvalue weighted by molar-refractivity contribution is 7.91. The van der Waals surface area contributed by atoms with E-state index in [0.717, 1.165) is 4.57 Å². The molecule has 3 rings (SSSR count). The lowest BCUT2D eigenvalue weighted by Gasteiger charge is -2.11. The summed E-state index contributed by atoms with van der Waals surface area (Å²) in [5.74, 6) is -0.685. The highest BCUT2D eigenvalue weighted by Gasteiger charge is 2.19. The van der Waals surface area contributed by atoms with E-state index in [-0.39, 0.29) is 17.1 Å². The van der Waals surface area contributed by atoms with Crippen LogP contribution in [0.5, 0.6) is 0 Å². The van der Waals surface area contributed by atoms with Gasteiger partial charge in [-0.05, 0) is 30.3 Å². The molecule has 3 aromatic rings. The third kappa shape index (κ3) is 4.22. The number of hydrogen-bond donors (Lipinski definition) is 1. The van der Waals surface area contributed by atoms with Gasteiger partial charge in [-0.15, -0.1) is 0 Å². The fourth-order valence-corrected chi connectivity index (χ4v) is 4.12. The van der Waals surface area contributed by atoms with E-state index in [1.165, 1.54) is 49.1 Å². The molecule has 9 nitrogen and oxygen atoms in total. The summed E-state index contributed by atoms with van der Waals surface area (Å²) in [6.07, 6.45) is 1.08. The Morgan fingerprint density at radius 2 is 1.72 bits per heavy atom. The van der Waals surface area contributed by atoms with Gasteiger partial charge in [0.15, 0.2) is 9.84 Å². The van der Waals surface area contributed by atoms with Gasteiger partial charge in [-0.25, -0.2) is 13.4 Å². The molecule has 2 aromatic heterocycles. The van der Waals surface area contributed by atoms with Gasteiger partial charge in [-0.2, -0.15) is 0 Å². The molecule has 11 heteroatoms. The SMILES string of the molecule is Cn1c(=O)c(=O)n(C)c2cc(S(=O)(=O)CCC(=O)Nc3ccc(Cl)cn3)ccc21. The van der Waals surface area contributed by atoms with Gasteiger partial charge >= 0.3 is 11.1 Å². The van der Waals surface area contributed by atoms with Crippen molar-refractivity contribution >= 4 is 44.2 Å². The number of hydrogen-bond acceptors (Lipinski definition) is 6. The summed E-state index contributed by atoms with van der Waals surface area (Å²) in [5.41, 5.74) is -0.747. The Hall–Kier alpha value is -2.98. The van der Waals surface area contributed by atoms with E-state index in [1.54, 1.807) is 6.07 Å². The van der Waals surface area contributed by atoms with Gasteiger partial charge in [0.05, 0.1) is 26.7 Å². The summed E-state index contributed by atoms with van der Waals surface area (Å²) >= 11 is 5.72. The number of amides is 1. The third-order valence-electron chi connectivity index (χ3n) is 4.41. The van der Waals surface area contributed by atoms with E-state index in [0.29, 0.717) is 16.1 Å². The molecule has 2 heterocycles. The second-order valence-corrected chi connectivity index (χ2v) is 8.90. The van der Waals surface area contributed by atoms with Crippen LogP contribution in [0.1, 0.15) is 6.42 Å². The number of aryl methyl sites for hydroxylation is 2. The van der Waals surface area contributed by atoms with E-state index >= 15 is 0 Å². The van der Waals surface area contributed by atoms with Gasteiger partial charge in [0, 0.05) is 26.7 Å². The zero-order valence-electron chi connectivity index (χ0n) is 15.5. The molecule has 152 valence electrons. The molecule has 1 amide bonds. The first-order valence-electron chi connectivity index (χ1n) is 8.44. The van der Waals surface area contributed by atoms with Crippen LogP contribution >= 0.6 is 11.6 Å². The number of nitrogens with one attached hydrogen (secondary N) is 1. The Kier molecular flexibility index (Phi) is 5.58. The van der Waals surface area contributed by atoms with Crippen LogP contribution in [0.2, 0.25) is 5.02 Å². The Morgan fingerprint density at radius 1 is 1.07 bits per heavy atom. The van der Waals surface area contributed by atoms with Crippen LogP contribution in [0.25, 0.3) is 11.0 Å². The van der Waals surface area contributed by atoms with Crippen LogP contribution in [-0.2, 0) is 28.7 Å². The molecule has 0 saturated heterocycles. The molecule has 1 N–H and O–H groups in total. The maximum atomic E-state index is 12.7. The number of nitrogens with zero attached hydrogens (tertiary/aromatic N) is 3. The summed E-state index contributed by atoms with van der Waals surface area (Å²) in [5, 5.41) is 2.91. The average molecular weight is 437 g/mol. The van der Waals surface area contributed by atoms with Crippen LogP contribution < -0.4 is 16.4 Å². The highest BCUT2D eigenvalue weighted by Crippen LogP contribution is 2.19. The molecule has 0 unspecified atom stereocenters. The van der Waals surface area contributed by atoms with Crippen LogP contribution in [0.4, 0.5) is 5.82 Å². The lowest BCUT2D eigenvalue weighted by molar-refractivity contribution is -0.115. The molecule has 0 aliphatic carbocycles. The van der Waals surface area contributed by atoms with Gasteiger partial charge in [0.2, 0.25) is 5.91 Å². The molecular formula is C18H17ClN4O5S. The monoisotopic (exact) mass is 436 g/mol. The molecule has 0 saturated carbocycles. The van der Waals surface area contributed by atoms with Crippen molar-refractivity contribution in [3.05, 3.63) is 62.3 Å². The van der Waals surface area contributed by atoms with Crippen LogP contribution in [0.15, 0.2) is 51.0 Å². The molecule has 29 heavy (non-hydrogen) atoms. The van der Waals surface area contributed by atoms with Crippen molar-refractivity contribution in [2.75, 3.05) is 11.1 Å². The Bertz CT molecular complexity index is 1330. The maximum absolute atomic E-state index is 12.7. The number of rotatable bonds is 5. The van der Waals surface area contributed by atoms with Crippen molar-refractivity contribution in [2.45, 2.75) is 11.3 Å². The predicted molar refractivity (Wildman–Crippen MR) is 109 cm³/mol. The lowest BCUT2D eigenvalue weighted by atomic mass is 10.3. The van der Waals surface area contributed by atoms with Gasteiger partial charge in [0.1, 0.15) is 5.82 Å². The summed E-state index contributed by atoms with van der Waals surface area (Å²) in [6.45, 7) is 0. The summed E-state index contributed by atoms with van der Waals surface area (Å²) in [7, 11) is -0.966. The van der Waals surface area contributed by atoms with Crippen molar-refractivity contribution in [2.24, 2.45) is 14.1 Å². The number of anilines is 1. The highest BCUT2D eigenvalue weighted by atomic mass is 35.5. The second-order valence-electron chi connectivity index (χ2n) is 6.36. The number of carbonyl (C=O) groups is 1. The fourth-order valence-electron chi connectivity index (χ4n) is 2.75. The Morgan fingerprint density at radius 3 is 2.34 bits per heavy atom. The quantitative estimate of drug-likeness (QED) is 0.598. The van der Waals surface area contributed by atoms with Crippen LogP contribution in [-0.4, -0.2) is 34.2 Å². The molecule has 1 aromatic carbocycles. The standard InChI is InChI=1S/C18H17ClN4O5S/c1-22-13-5-4-12(9-14(13)23(2)18(26)17(22)25)29(27,28)8-7-16(24)21-15-6-3-11(19)10-20-15/h3-6,9-10H,7-8H2,1-2H3,(H,20,21,24). The van der Waals surface area contributed by atoms with E-state index in [9.17, 15) is 22.8 Å². The predicted octanol–water partition coefficient (Wildman–Crippen LogP) is 1.09. The number of aromatic nitrogens is 3. The van der Waals surface area contributed by atoms with Gasteiger partial charge in [-0.3, -0.25) is 14.4 Å². The second kappa shape index (κ2) is 7.80. The van der Waals surface area contributed by atoms with Crippen molar-refractivity contribution in [3.8, 4) is 0 Å². The van der Waals surface area contributed by atoms with Crippen LogP contribution in [0.3, 0.4) is 0 Å². The van der Waals surface area contributed by atoms with E-state index < -0.39 is 32.6 Å². The van der Waals surface area contributed by atoms with Crippen molar-refractivity contribution in [1.29, 1.82) is 0 Å². The maximum Gasteiger partial charge on any atom is 0.316 e. The smallest absolute Gasteiger partial charge is 0.311 e. The van der Waals surface area contributed by atoms with E-state index in [1.807, 2.05) is 0 Å². The number of pyridine rings is 1. The number of carbonyl (C=O) groups excluding carboxylic acids is 1. The third-order valence-corrected chi connectivity index (χ3v) is 6.35. The minimum absolute atomic E-state index is 0.0453. The molecule has 0 fully saturated rings. The van der Waals surface area contributed by atoms with Crippen molar-refractivity contribution in [3.63, 3.8) is 0 Å². The first-order valence-corrected chi connectivity index (χ1v) is 10.5. The van der Waals surface area contributed by atoms with Gasteiger partial charge < -0.3 is 14.5 Å². The largest absolute Gasteiger partial charge is 0.316 e. The first kappa shape index (κ1) is 20.7. The molecule has 0 aliphatic heterocycles. The van der Waals surface area contributed by atoms with Crippen molar-refractivity contribution in [1.82, 2.24) is 14.1 Å². The zero-order valence-corrected chi connectivity index (χ0v) is 17.1. The van der Waals surface area contributed by atoms with Crippen molar-refractivity contribution < 1.29 is 13.2 Å². The number of benzene rings is 1. The zero-order chi connectivity index (χ0) is 21.3. The lowest BCUT2D eigenvalue weighted by Crippen LogP contribution is -2.39. The van der Waals surface area contributed by atoms with Crippen LogP contribution in [0, 0.1) is 0 Å². The van der Waals surface area contributed by atoms with E-state index in [2.05, 4.69) is 10.3 Å². The Labute approximate surface area is 170 Å². The molecule has 0 aliphatic rings. The number of halogens is 1. The molecular weight excluding hydrogens is 420 g/mol. The fraction of sp³-hybridized carbons (Fsp3) is 0.222. The normalized spacial score (nSPS) is 11.6. The molecule has 0 bridgehead atoms. The van der Waals surface area contributed by atoms with Gasteiger partial charge in [0.25, 0.3) is 0 Å². The minimum Gasteiger partial charge on any atom is -0.311 e. The summed E-state index contributed by atoms with van der Waals surface area (Å²) in [6, 6.07) is 7.18.